The van der Waals surface area contributed by atoms with Gasteiger partial charge in [-0.15, -0.1) is 0 Å². The van der Waals surface area contributed by atoms with Gasteiger partial charge in [0.25, 0.3) is 15.9 Å². The summed E-state index contributed by atoms with van der Waals surface area (Å²) in [5.74, 6) is 0.595. The van der Waals surface area contributed by atoms with Gasteiger partial charge in [0, 0.05) is 35.8 Å². The Bertz CT molecular complexity index is 1710. The van der Waals surface area contributed by atoms with Gasteiger partial charge in [0.2, 0.25) is 0 Å². The van der Waals surface area contributed by atoms with Gasteiger partial charge in [0.15, 0.2) is 5.03 Å². The largest absolute Gasteiger partial charge is 0.362 e. The number of pyridine rings is 3. The minimum absolute atomic E-state index is 0.211. The quantitative estimate of drug-likeness (QED) is 0.388. The number of nitrogens with zero attached hydrogens (tertiary/aromatic N) is 5. The minimum Gasteiger partial charge on any atom is -0.362 e. The van der Waals surface area contributed by atoms with E-state index >= 15 is 0 Å². The second-order valence-corrected chi connectivity index (χ2v) is 15.3. The van der Waals surface area contributed by atoms with Gasteiger partial charge in [-0.3, -0.25) is 9.78 Å². The molecule has 1 fully saturated rings. The molecule has 0 radical (unpaired) electrons. The van der Waals surface area contributed by atoms with Gasteiger partial charge >= 0.3 is 0 Å². The number of carbonyl (C=O) groups excluding carboxylic acids is 1. The lowest BCUT2D eigenvalue weighted by atomic mass is 9.83. The first kappa shape index (κ1) is 31.4. The van der Waals surface area contributed by atoms with Crippen LogP contribution in [-0.4, -0.2) is 41.4 Å². The van der Waals surface area contributed by atoms with Crippen LogP contribution < -0.4 is 14.9 Å². The first-order valence-corrected chi connectivity index (χ1v) is 16.6. The number of rotatable bonds is 3. The van der Waals surface area contributed by atoms with E-state index < -0.39 is 15.9 Å². The summed E-state index contributed by atoms with van der Waals surface area (Å²) in [7, 11) is -4.31. The number of fused-ring (bicyclic) bond motifs is 6. The lowest BCUT2D eigenvalue weighted by Crippen LogP contribution is -2.41. The fourth-order valence-corrected chi connectivity index (χ4v) is 7.15. The van der Waals surface area contributed by atoms with Crippen molar-refractivity contribution in [1.82, 2.24) is 19.7 Å². The van der Waals surface area contributed by atoms with E-state index in [1.165, 1.54) is 6.07 Å². The Kier molecular flexibility index (Phi) is 8.42. The molecule has 232 valence electrons. The third-order valence-electron chi connectivity index (χ3n) is 8.74. The van der Waals surface area contributed by atoms with Crippen LogP contribution in [0.15, 0.2) is 53.7 Å². The maximum Gasteiger partial charge on any atom is 0.281 e. The Balaban J connectivity index is 1.63. The second-order valence-electron chi connectivity index (χ2n) is 13.7. The SMILES string of the molecule is C[C@H]1CC(c2cc(CCC#N)ccn2)Nc2cccc(n2)S(=O)(=O)NC(=O)c2ccc(C(C)(C)C)nc2N2C[C@@H]1CC2(C)C. The summed E-state index contributed by atoms with van der Waals surface area (Å²) < 4.78 is 29.2. The van der Waals surface area contributed by atoms with Crippen LogP contribution in [0.3, 0.4) is 0 Å². The lowest BCUT2D eigenvalue weighted by Gasteiger charge is -2.34. The highest BCUT2D eigenvalue weighted by atomic mass is 32.2. The van der Waals surface area contributed by atoms with E-state index in [0.29, 0.717) is 37.4 Å². The Morgan fingerprint density at radius 2 is 1.91 bits per heavy atom. The molecule has 0 aliphatic carbocycles. The summed E-state index contributed by atoms with van der Waals surface area (Å²) in [4.78, 5) is 29.9. The van der Waals surface area contributed by atoms with Crippen molar-refractivity contribution in [3.8, 4) is 6.07 Å². The second kappa shape index (κ2) is 11.8. The zero-order valence-electron chi connectivity index (χ0n) is 26.3. The van der Waals surface area contributed by atoms with Gasteiger partial charge in [0.05, 0.1) is 23.4 Å². The summed E-state index contributed by atoms with van der Waals surface area (Å²) in [5, 5.41) is 12.3. The molecule has 0 spiro atoms. The highest BCUT2D eigenvalue weighted by Gasteiger charge is 2.43. The molecule has 0 saturated carbocycles. The van der Waals surface area contributed by atoms with Crippen LogP contribution in [0.25, 0.3) is 0 Å². The van der Waals surface area contributed by atoms with E-state index in [-0.39, 0.29) is 39.4 Å². The number of nitrogens with one attached hydrogen (secondary N) is 2. The van der Waals surface area contributed by atoms with E-state index in [2.05, 4.69) is 72.5 Å². The Morgan fingerprint density at radius 1 is 1.14 bits per heavy atom. The molecule has 4 bridgehead atoms. The fraction of sp³-hybridized carbons (Fsp3) is 0.485. The smallest absolute Gasteiger partial charge is 0.281 e. The van der Waals surface area contributed by atoms with Crippen LogP contribution >= 0.6 is 0 Å². The molecule has 3 aromatic heterocycles. The molecule has 1 unspecified atom stereocenters. The molecule has 2 aliphatic rings. The molecule has 44 heavy (non-hydrogen) atoms. The summed E-state index contributed by atoms with van der Waals surface area (Å²) >= 11 is 0. The molecule has 10 nitrogen and oxygen atoms in total. The average Bonchev–Trinajstić information content (AvgIpc) is 3.29. The molecule has 5 heterocycles. The van der Waals surface area contributed by atoms with Crippen LogP contribution in [-0.2, 0) is 21.9 Å². The number of hydrogen-bond acceptors (Lipinski definition) is 9. The van der Waals surface area contributed by atoms with Crippen LogP contribution in [0.5, 0.6) is 0 Å². The van der Waals surface area contributed by atoms with Crippen molar-refractivity contribution in [3.63, 3.8) is 0 Å². The average molecular weight is 616 g/mol. The van der Waals surface area contributed by atoms with Crippen molar-refractivity contribution in [2.75, 3.05) is 16.8 Å². The number of aromatic nitrogens is 3. The van der Waals surface area contributed by atoms with Crippen molar-refractivity contribution in [3.05, 3.63) is 71.2 Å². The van der Waals surface area contributed by atoms with Gasteiger partial charge in [0.1, 0.15) is 11.6 Å². The van der Waals surface area contributed by atoms with E-state index in [0.717, 1.165) is 23.4 Å². The third-order valence-corrected chi connectivity index (χ3v) is 9.97. The molecular formula is C33H41N7O3S. The highest BCUT2D eigenvalue weighted by molar-refractivity contribution is 7.90. The van der Waals surface area contributed by atoms with Gasteiger partial charge in [-0.25, -0.2) is 14.7 Å². The van der Waals surface area contributed by atoms with E-state index in [9.17, 15) is 13.2 Å². The fourth-order valence-electron chi connectivity index (χ4n) is 6.21. The predicted molar refractivity (Wildman–Crippen MR) is 170 cm³/mol. The Labute approximate surface area is 260 Å². The van der Waals surface area contributed by atoms with Crippen molar-refractivity contribution in [2.24, 2.45) is 11.8 Å². The molecule has 5 rings (SSSR count). The first-order valence-electron chi connectivity index (χ1n) is 15.1. The van der Waals surface area contributed by atoms with Crippen LogP contribution in [0.2, 0.25) is 0 Å². The Hall–Kier alpha value is -4.04. The number of carbonyl (C=O) groups is 1. The number of nitriles is 1. The highest BCUT2D eigenvalue weighted by Crippen LogP contribution is 2.43. The normalized spacial score (nSPS) is 22.9. The molecule has 2 N–H and O–H groups in total. The summed E-state index contributed by atoms with van der Waals surface area (Å²) in [6, 6.07) is 14.0. The lowest BCUT2D eigenvalue weighted by molar-refractivity contribution is 0.0981. The summed E-state index contributed by atoms with van der Waals surface area (Å²) in [5.41, 5.74) is 2.23. The van der Waals surface area contributed by atoms with Crippen molar-refractivity contribution >= 4 is 27.6 Å². The van der Waals surface area contributed by atoms with Gasteiger partial charge in [-0.2, -0.15) is 13.7 Å². The standard InChI is InChI=1S/C33H41N7O3S/c1-21-17-26(25-18-22(9-8-15-34)14-16-35-25)36-28-10-7-11-29(38-28)44(42,43)39-31(41)24-12-13-27(32(2,3)4)37-30(24)40-20-23(21)19-33(40,5)6/h7,10-14,16,18,21,23,26H,8-9,17,19-20H2,1-6H3,(H,36,38)(H,39,41)/t21-,23-,26?/m0/s1. The predicted octanol–water partition coefficient (Wildman–Crippen LogP) is 5.54. The number of hydrogen-bond donors (Lipinski definition) is 2. The summed E-state index contributed by atoms with van der Waals surface area (Å²) in [6.07, 6.45) is 4.36. The number of sulfonamides is 1. The zero-order valence-corrected chi connectivity index (χ0v) is 27.1. The Morgan fingerprint density at radius 3 is 2.64 bits per heavy atom. The summed E-state index contributed by atoms with van der Waals surface area (Å²) in [6.45, 7) is 13.4. The van der Waals surface area contributed by atoms with Gasteiger partial charge in [-0.05, 0) is 86.9 Å². The van der Waals surface area contributed by atoms with Crippen LogP contribution in [0.4, 0.5) is 11.6 Å². The van der Waals surface area contributed by atoms with Crippen molar-refractivity contribution in [2.45, 2.75) is 89.2 Å². The van der Waals surface area contributed by atoms with E-state index in [1.807, 2.05) is 12.1 Å². The van der Waals surface area contributed by atoms with Crippen LogP contribution in [0, 0.1) is 23.2 Å². The number of anilines is 2. The number of aryl methyl sites for hydroxylation is 1. The van der Waals surface area contributed by atoms with Gasteiger partial charge < -0.3 is 10.2 Å². The molecule has 0 aromatic carbocycles. The first-order chi connectivity index (χ1) is 20.7. The van der Waals surface area contributed by atoms with E-state index in [1.54, 1.807) is 30.5 Å². The third kappa shape index (κ3) is 6.55. The molecule has 3 atom stereocenters. The zero-order chi connectivity index (χ0) is 31.9. The molecule has 11 heteroatoms. The van der Waals surface area contributed by atoms with Gasteiger partial charge in [-0.1, -0.05) is 33.8 Å². The van der Waals surface area contributed by atoms with Crippen molar-refractivity contribution in [1.29, 1.82) is 5.26 Å². The topological polar surface area (TPSA) is 141 Å². The monoisotopic (exact) mass is 615 g/mol. The maximum absolute atomic E-state index is 13.7. The van der Waals surface area contributed by atoms with Crippen LogP contribution in [0.1, 0.15) is 94.2 Å². The maximum atomic E-state index is 13.7. The van der Waals surface area contributed by atoms with E-state index in [4.69, 9.17) is 10.2 Å². The molecule has 1 saturated heterocycles. The number of amides is 1. The molecular weight excluding hydrogens is 574 g/mol. The molecule has 3 aromatic rings. The van der Waals surface area contributed by atoms with Crippen molar-refractivity contribution < 1.29 is 13.2 Å². The molecule has 2 aliphatic heterocycles. The minimum atomic E-state index is -4.31. The molecule has 1 amide bonds.